The normalized spacial score (nSPS) is 34.3. The fraction of sp³-hybridized carbons (Fsp3) is 0.778. The molecule has 1 N–H and O–H groups in total. The average Bonchev–Trinajstić information content (AvgIpc) is 2.15. The van der Waals surface area contributed by atoms with Crippen molar-refractivity contribution in [2.24, 2.45) is 5.92 Å². The first-order valence-electron chi connectivity index (χ1n) is 4.07. The second kappa shape index (κ2) is 3.75. The van der Waals surface area contributed by atoms with Crippen LogP contribution >= 0.6 is 0 Å². The van der Waals surface area contributed by atoms with Crippen LogP contribution in [0.1, 0.15) is 12.8 Å². The predicted molar refractivity (Wildman–Crippen MR) is 45.1 cm³/mol. The SMILES string of the molecule is C#CC1CCN(C)CCC1O. The summed E-state index contributed by atoms with van der Waals surface area (Å²) in [6.45, 7) is 1.96. The molecule has 0 amide bonds. The van der Waals surface area contributed by atoms with Crippen molar-refractivity contribution in [3.8, 4) is 12.3 Å². The topological polar surface area (TPSA) is 23.5 Å². The third-order valence-corrected chi connectivity index (χ3v) is 2.31. The summed E-state index contributed by atoms with van der Waals surface area (Å²) in [5.74, 6) is 2.71. The third kappa shape index (κ3) is 2.21. The van der Waals surface area contributed by atoms with E-state index in [1.807, 2.05) is 0 Å². The van der Waals surface area contributed by atoms with E-state index >= 15 is 0 Å². The average molecular weight is 153 g/mol. The van der Waals surface area contributed by atoms with Crippen LogP contribution < -0.4 is 0 Å². The van der Waals surface area contributed by atoms with Crippen molar-refractivity contribution in [1.82, 2.24) is 4.90 Å². The highest BCUT2D eigenvalue weighted by molar-refractivity contribution is 4.98. The van der Waals surface area contributed by atoms with Gasteiger partial charge in [-0.2, -0.15) is 0 Å². The first kappa shape index (κ1) is 8.58. The largest absolute Gasteiger partial charge is 0.392 e. The standard InChI is InChI=1S/C9H15NO/c1-3-8-4-6-10(2)7-5-9(8)11/h1,8-9,11H,4-7H2,2H3. The maximum atomic E-state index is 9.50. The highest BCUT2D eigenvalue weighted by Gasteiger charge is 2.20. The summed E-state index contributed by atoms with van der Waals surface area (Å²) in [7, 11) is 2.06. The monoisotopic (exact) mass is 153 g/mol. The quantitative estimate of drug-likeness (QED) is 0.507. The Morgan fingerprint density at radius 2 is 2.09 bits per heavy atom. The number of aliphatic hydroxyl groups excluding tert-OH is 1. The van der Waals surface area contributed by atoms with Crippen LogP contribution in [0, 0.1) is 18.3 Å². The van der Waals surface area contributed by atoms with Gasteiger partial charge in [-0.1, -0.05) is 0 Å². The second-order valence-corrected chi connectivity index (χ2v) is 3.22. The minimum atomic E-state index is -0.287. The predicted octanol–water partition coefficient (Wildman–Crippen LogP) is 0.322. The summed E-state index contributed by atoms with van der Waals surface area (Å²) in [6.07, 6.45) is 6.73. The molecule has 0 saturated carbocycles. The van der Waals surface area contributed by atoms with Gasteiger partial charge in [-0.25, -0.2) is 0 Å². The van der Waals surface area contributed by atoms with Crippen molar-refractivity contribution >= 4 is 0 Å². The summed E-state index contributed by atoms with van der Waals surface area (Å²) in [5.41, 5.74) is 0. The molecule has 1 aliphatic rings. The highest BCUT2D eigenvalue weighted by Crippen LogP contribution is 2.15. The molecule has 2 unspecified atom stereocenters. The summed E-state index contributed by atoms with van der Waals surface area (Å²) in [4.78, 5) is 2.21. The number of hydrogen-bond acceptors (Lipinski definition) is 2. The molecule has 2 atom stereocenters. The van der Waals surface area contributed by atoms with Gasteiger partial charge in [0.25, 0.3) is 0 Å². The van der Waals surface area contributed by atoms with Crippen molar-refractivity contribution in [2.45, 2.75) is 18.9 Å². The van der Waals surface area contributed by atoms with Crippen molar-refractivity contribution in [3.05, 3.63) is 0 Å². The molecule has 0 bridgehead atoms. The third-order valence-electron chi connectivity index (χ3n) is 2.31. The Hall–Kier alpha value is -0.520. The zero-order valence-electron chi connectivity index (χ0n) is 6.95. The summed E-state index contributed by atoms with van der Waals surface area (Å²) < 4.78 is 0. The molecule has 0 spiro atoms. The maximum Gasteiger partial charge on any atom is 0.0690 e. The van der Waals surface area contributed by atoms with Crippen LogP contribution in [0.3, 0.4) is 0 Å². The van der Waals surface area contributed by atoms with E-state index < -0.39 is 0 Å². The van der Waals surface area contributed by atoms with E-state index in [4.69, 9.17) is 6.42 Å². The molecule has 1 aliphatic heterocycles. The Morgan fingerprint density at radius 1 is 1.45 bits per heavy atom. The lowest BCUT2D eigenvalue weighted by atomic mass is 9.99. The lowest BCUT2D eigenvalue weighted by molar-refractivity contribution is 0.129. The van der Waals surface area contributed by atoms with Crippen LogP contribution in [0.2, 0.25) is 0 Å². The molecular weight excluding hydrogens is 138 g/mol. The van der Waals surface area contributed by atoms with Crippen molar-refractivity contribution < 1.29 is 5.11 Å². The van der Waals surface area contributed by atoms with Gasteiger partial charge in [0, 0.05) is 12.5 Å². The van der Waals surface area contributed by atoms with Crippen LogP contribution in [0.4, 0.5) is 0 Å². The molecule has 0 aromatic heterocycles. The van der Waals surface area contributed by atoms with Crippen LogP contribution in [-0.4, -0.2) is 36.2 Å². The van der Waals surface area contributed by atoms with Crippen molar-refractivity contribution in [3.63, 3.8) is 0 Å². The van der Waals surface area contributed by atoms with Gasteiger partial charge in [0.05, 0.1) is 6.10 Å². The Kier molecular flexibility index (Phi) is 2.92. The molecule has 0 radical (unpaired) electrons. The zero-order chi connectivity index (χ0) is 8.27. The molecule has 1 rings (SSSR count). The summed E-state index contributed by atoms with van der Waals surface area (Å²) >= 11 is 0. The fourth-order valence-electron chi connectivity index (χ4n) is 1.41. The number of aliphatic hydroxyl groups is 1. The van der Waals surface area contributed by atoms with Crippen LogP contribution in [0.15, 0.2) is 0 Å². The van der Waals surface area contributed by atoms with Gasteiger partial charge >= 0.3 is 0 Å². The molecule has 1 saturated heterocycles. The number of hydrogen-bond donors (Lipinski definition) is 1. The van der Waals surface area contributed by atoms with Gasteiger partial charge in [-0.15, -0.1) is 12.3 Å². The minimum absolute atomic E-state index is 0.0694. The number of likely N-dealkylation sites (tertiary alicyclic amines) is 1. The Morgan fingerprint density at radius 3 is 2.73 bits per heavy atom. The van der Waals surface area contributed by atoms with Gasteiger partial charge in [0.2, 0.25) is 0 Å². The lowest BCUT2D eigenvalue weighted by Crippen LogP contribution is -2.19. The van der Waals surface area contributed by atoms with Crippen LogP contribution in [-0.2, 0) is 0 Å². The second-order valence-electron chi connectivity index (χ2n) is 3.22. The molecule has 2 nitrogen and oxygen atoms in total. The van der Waals surface area contributed by atoms with Gasteiger partial charge in [0.15, 0.2) is 0 Å². The molecule has 1 heterocycles. The van der Waals surface area contributed by atoms with Crippen molar-refractivity contribution in [2.75, 3.05) is 20.1 Å². The van der Waals surface area contributed by atoms with E-state index in [0.29, 0.717) is 0 Å². The van der Waals surface area contributed by atoms with Crippen LogP contribution in [0.25, 0.3) is 0 Å². The fourth-order valence-corrected chi connectivity index (χ4v) is 1.41. The maximum absolute atomic E-state index is 9.50. The number of rotatable bonds is 0. The van der Waals surface area contributed by atoms with Gasteiger partial charge in [0.1, 0.15) is 0 Å². The molecule has 11 heavy (non-hydrogen) atoms. The summed E-state index contributed by atoms with van der Waals surface area (Å²) in [6, 6.07) is 0. The van der Waals surface area contributed by atoms with Crippen LogP contribution in [0.5, 0.6) is 0 Å². The highest BCUT2D eigenvalue weighted by atomic mass is 16.3. The lowest BCUT2D eigenvalue weighted by Gasteiger charge is -2.12. The number of nitrogens with zero attached hydrogens (tertiary/aromatic N) is 1. The van der Waals surface area contributed by atoms with E-state index in [1.165, 1.54) is 0 Å². The smallest absolute Gasteiger partial charge is 0.0690 e. The van der Waals surface area contributed by atoms with Crippen molar-refractivity contribution in [1.29, 1.82) is 0 Å². The first-order valence-corrected chi connectivity index (χ1v) is 4.07. The van der Waals surface area contributed by atoms with E-state index in [2.05, 4.69) is 17.9 Å². The van der Waals surface area contributed by atoms with Gasteiger partial charge < -0.3 is 10.0 Å². The van der Waals surface area contributed by atoms with Gasteiger partial charge in [-0.3, -0.25) is 0 Å². The molecule has 0 aromatic rings. The molecule has 2 heteroatoms. The Bertz CT molecular complexity index is 161. The Labute approximate surface area is 68.2 Å². The van der Waals surface area contributed by atoms with E-state index in [0.717, 1.165) is 25.9 Å². The molecular formula is C9H15NO. The number of terminal acetylenes is 1. The Balaban J connectivity index is 2.50. The minimum Gasteiger partial charge on any atom is -0.392 e. The zero-order valence-corrected chi connectivity index (χ0v) is 6.95. The first-order chi connectivity index (χ1) is 5.24. The van der Waals surface area contributed by atoms with E-state index in [9.17, 15) is 5.11 Å². The summed E-state index contributed by atoms with van der Waals surface area (Å²) in [5, 5.41) is 9.50. The molecule has 62 valence electrons. The van der Waals surface area contributed by atoms with E-state index in [-0.39, 0.29) is 12.0 Å². The molecule has 0 aliphatic carbocycles. The molecule has 0 aromatic carbocycles. The van der Waals surface area contributed by atoms with Gasteiger partial charge in [-0.05, 0) is 26.4 Å². The van der Waals surface area contributed by atoms with E-state index in [1.54, 1.807) is 0 Å². The molecule has 1 fully saturated rings.